The molecule has 0 spiro atoms. The monoisotopic (exact) mass is 230 g/mol. The molecule has 0 N–H and O–H groups in total. The molecule has 17 heavy (non-hydrogen) atoms. The number of rotatable bonds is 8. The van der Waals surface area contributed by atoms with Crippen LogP contribution in [0, 0.1) is 5.92 Å². The Bertz CT molecular complexity index is 332. The molecule has 1 radical (unpaired) electrons. The quantitative estimate of drug-likeness (QED) is 0.497. The zero-order valence-electron chi connectivity index (χ0n) is 10.3. The average molecular weight is 230 g/mol. The van der Waals surface area contributed by atoms with Gasteiger partial charge in [0.25, 0.3) is 0 Å². The largest absolute Gasteiger partial charge is 0.334 e. The molecule has 0 bridgehead atoms. The zero-order valence-corrected chi connectivity index (χ0v) is 10.3. The number of aryl methyl sites for hydroxylation is 1. The molecule has 1 amide bonds. The highest BCUT2D eigenvalue weighted by Gasteiger charge is 2.23. The molecule has 0 unspecified atom stereocenters. The molecule has 91 valence electrons. The van der Waals surface area contributed by atoms with Crippen molar-refractivity contribution in [1.29, 1.82) is 0 Å². The average Bonchev–Trinajstić information content (AvgIpc) is 3.18. The van der Waals surface area contributed by atoms with Crippen LogP contribution < -0.4 is 0 Å². The highest BCUT2D eigenvalue weighted by molar-refractivity contribution is 5.48. The molecule has 1 aliphatic rings. The van der Waals surface area contributed by atoms with Gasteiger partial charge in [-0.15, -0.1) is 0 Å². The van der Waals surface area contributed by atoms with Crippen LogP contribution in [0.15, 0.2) is 30.3 Å². The lowest BCUT2D eigenvalue weighted by molar-refractivity contribution is 0.357. The van der Waals surface area contributed by atoms with E-state index in [2.05, 4.69) is 30.7 Å². The van der Waals surface area contributed by atoms with E-state index in [1.165, 1.54) is 18.4 Å². The molecular weight excluding hydrogens is 210 g/mol. The zero-order chi connectivity index (χ0) is 11.9. The minimum absolute atomic E-state index is 0.769. The van der Waals surface area contributed by atoms with Gasteiger partial charge in [0.2, 0.25) is 0 Å². The van der Waals surface area contributed by atoms with Crippen LogP contribution in [-0.2, 0) is 11.2 Å². The predicted molar refractivity (Wildman–Crippen MR) is 69.4 cm³/mol. The minimum atomic E-state index is 0.769. The maximum atomic E-state index is 10.7. The van der Waals surface area contributed by atoms with E-state index in [1.807, 2.05) is 11.0 Å². The first-order valence-corrected chi connectivity index (χ1v) is 6.55. The third kappa shape index (κ3) is 4.59. The number of carbonyl (C=O) groups excluding carboxylic acids is 1. The van der Waals surface area contributed by atoms with Gasteiger partial charge in [-0.2, -0.15) is 0 Å². The molecular formula is C15H20NO. The van der Waals surface area contributed by atoms with Gasteiger partial charge in [-0.25, -0.2) is 0 Å². The fraction of sp³-hybridized carbons (Fsp3) is 0.533. The van der Waals surface area contributed by atoms with E-state index in [0.717, 1.165) is 38.3 Å². The van der Waals surface area contributed by atoms with Crippen LogP contribution in [0.5, 0.6) is 0 Å². The van der Waals surface area contributed by atoms with E-state index >= 15 is 0 Å². The van der Waals surface area contributed by atoms with E-state index < -0.39 is 0 Å². The van der Waals surface area contributed by atoms with Crippen molar-refractivity contribution in [2.45, 2.75) is 32.1 Å². The molecule has 0 aliphatic heterocycles. The summed E-state index contributed by atoms with van der Waals surface area (Å²) in [5, 5.41) is 0. The fourth-order valence-corrected chi connectivity index (χ4v) is 2.06. The van der Waals surface area contributed by atoms with Gasteiger partial charge in [0.05, 0.1) is 0 Å². The Balaban J connectivity index is 1.59. The lowest BCUT2D eigenvalue weighted by Crippen LogP contribution is -2.25. The van der Waals surface area contributed by atoms with Crippen molar-refractivity contribution < 1.29 is 4.79 Å². The van der Waals surface area contributed by atoms with E-state index in [-0.39, 0.29) is 0 Å². The molecule has 2 rings (SSSR count). The molecule has 1 saturated carbocycles. The molecule has 1 aromatic rings. The smallest absolute Gasteiger partial charge is 0.312 e. The standard InChI is InChI=1S/C15H20NO/c17-13-16(12-15-9-10-15)11-5-4-8-14-6-2-1-3-7-14/h1-3,6-7,15H,4-5,8-12H2. The Labute approximate surface area is 104 Å². The molecule has 0 saturated heterocycles. The van der Waals surface area contributed by atoms with Crippen LogP contribution in [0.3, 0.4) is 0 Å². The minimum Gasteiger partial charge on any atom is -0.334 e. The van der Waals surface area contributed by atoms with Gasteiger partial charge < -0.3 is 4.90 Å². The van der Waals surface area contributed by atoms with Gasteiger partial charge in [0.15, 0.2) is 0 Å². The molecule has 2 nitrogen and oxygen atoms in total. The lowest BCUT2D eigenvalue weighted by atomic mass is 10.1. The molecule has 0 atom stereocenters. The van der Waals surface area contributed by atoms with Gasteiger partial charge in [-0.05, 0) is 43.6 Å². The number of amides is 1. The van der Waals surface area contributed by atoms with E-state index in [1.54, 1.807) is 0 Å². The second kappa shape index (κ2) is 6.43. The van der Waals surface area contributed by atoms with Crippen LogP contribution in [0.4, 0.5) is 0 Å². The normalized spacial score (nSPS) is 14.6. The van der Waals surface area contributed by atoms with Gasteiger partial charge in [-0.3, -0.25) is 4.79 Å². The summed E-state index contributed by atoms with van der Waals surface area (Å²) < 4.78 is 0. The van der Waals surface area contributed by atoms with Crippen molar-refractivity contribution in [2.24, 2.45) is 5.92 Å². The van der Waals surface area contributed by atoms with Crippen molar-refractivity contribution in [2.75, 3.05) is 13.1 Å². The first-order chi connectivity index (χ1) is 8.38. The van der Waals surface area contributed by atoms with Crippen molar-refractivity contribution in [3.8, 4) is 0 Å². The second-order valence-corrected chi connectivity index (χ2v) is 4.92. The van der Waals surface area contributed by atoms with Crippen molar-refractivity contribution in [3.05, 3.63) is 35.9 Å². The number of unbranched alkanes of at least 4 members (excludes halogenated alkanes) is 1. The Morgan fingerprint density at radius 3 is 2.59 bits per heavy atom. The summed E-state index contributed by atoms with van der Waals surface area (Å²) in [6.07, 6.45) is 7.98. The van der Waals surface area contributed by atoms with E-state index in [0.29, 0.717) is 0 Å². The van der Waals surface area contributed by atoms with Gasteiger partial charge in [0, 0.05) is 13.1 Å². The second-order valence-electron chi connectivity index (χ2n) is 4.92. The third-order valence-corrected chi connectivity index (χ3v) is 3.29. The first kappa shape index (κ1) is 12.2. The summed E-state index contributed by atoms with van der Waals surface area (Å²) in [6.45, 7) is 1.79. The Morgan fingerprint density at radius 2 is 1.94 bits per heavy atom. The van der Waals surface area contributed by atoms with Crippen LogP contribution in [-0.4, -0.2) is 24.4 Å². The summed E-state index contributed by atoms with van der Waals surface area (Å²) in [7, 11) is 0. The first-order valence-electron chi connectivity index (χ1n) is 6.55. The van der Waals surface area contributed by atoms with Crippen LogP contribution >= 0.6 is 0 Å². The summed E-state index contributed by atoms with van der Waals surface area (Å²) >= 11 is 0. The molecule has 1 fully saturated rings. The Kier molecular flexibility index (Phi) is 4.60. The maximum Gasteiger partial charge on any atom is 0.312 e. The number of hydrogen-bond donors (Lipinski definition) is 0. The molecule has 1 aromatic carbocycles. The van der Waals surface area contributed by atoms with Gasteiger partial charge in [0.1, 0.15) is 0 Å². The van der Waals surface area contributed by atoms with Crippen molar-refractivity contribution in [1.82, 2.24) is 4.90 Å². The molecule has 2 heteroatoms. The summed E-state index contributed by atoms with van der Waals surface area (Å²) in [5.74, 6) is 0.769. The third-order valence-electron chi connectivity index (χ3n) is 3.29. The molecule has 0 heterocycles. The number of nitrogens with zero attached hydrogens (tertiary/aromatic N) is 1. The molecule has 0 aromatic heterocycles. The highest BCUT2D eigenvalue weighted by atomic mass is 16.1. The SMILES string of the molecule is O=[C]N(CCCCc1ccccc1)CC1CC1. The van der Waals surface area contributed by atoms with Gasteiger partial charge >= 0.3 is 6.41 Å². The number of benzene rings is 1. The van der Waals surface area contributed by atoms with Crippen molar-refractivity contribution >= 4 is 6.41 Å². The van der Waals surface area contributed by atoms with E-state index in [4.69, 9.17) is 0 Å². The lowest BCUT2D eigenvalue weighted by Gasteiger charge is -2.15. The number of hydrogen-bond acceptors (Lipinski definition) is 1. The van der Waals surface area contributed by atoms with E-state index in [9.17, 15) is 4.79 Å². The summed E-state index contributed by atoms with van der Waals surface area (Å²) in [6, 6.07) is 10.5. The topological polar surface area (TPSA) is 20.3 Å². The van der Waals surface area contributed by atoms with Crippen LogP contribution in [0.25, 0.3) is 0 Å². The fourth-order valence-electron chi connectivity index (χ4n) is 2.06. The Hall–Kier alpha value is -1.31. The maximum absolute atomic E-state index is 10.7. The van der Waals surface area contributed by atoms with Crippen LogP contribution in [0.2, 0.25) is 0 Å². The predicted octanol–water partition coefficient (Wildman–Crippen LogP) is 2.79. The molecule has 1 aliphatic carbocycles. The van der Waals surface area contributed by atoms with Crippen LogP contribution in [0.1, 0.15) is 31.2 Å². The summed E-state index contributed by atoms with van der Waals surface area (Å²) in [4.78, 5) is 12.6. The highest BCUT2D eigenvalue weighted by Crippen LogP contribution is 2.29. The summed E-state index contributed by atoms with van der Waals surface area (Å²) in [5.41, 5.74) is 1.39. The van der Waals surface area contributed by atoms with Crippen molar-refractivity contribution in [3.63, 3.8) is 0 Å². The Morgan fingerprint density at radius 1 is 1.18 bits per heavy atom. The van der Waals surface area contributed by atoms with Gasteiger partial charge in [-0.1, -0.05) is 30.3 Å².